The molecule has 0 fully saturated rings. The van der Waals surface area contributed by atoms with Gasteiger partial charge in [-0.1, -0.05) is 84.9 Å². The molecule has 0 saturated carbocycles. The van der Waals surface area contributed by atoms with Gasteiger partial charge in [0.2, 0.25) is 0 Å². The zero-order valence-corrected chi connectivity index (χ0v) is 19.8. The van der Waals surface area contributed by atoms with Gasteiger partial charge in [0, 0.05) is 24.5 Å². The van der Waals surface area contributed by atoms with Crippen molar-refractivity contribution in [3.63, 3.8) is 0 Å². The number of fused-ring (bicyclic) bond motifs is 1. The van der Waals surface area contributed by atoms with Crippen molar-refractivity contribution in [2.45, 2.75) is 31.1 Å². The summed E-state index contributed by atoms with van der Waals surface area (Å²) >= 11 is 1.77. The molecule has 0 unspecified atom stereocenters. The number of rotatable bonds is 10. The van der Waals surface area contributed by atoms with Crippen molar-refractivity contribution in [2.75, 3.05) is 0 Å². The molecule has 1 aromatic heterocycles. The van der Waals surface area contributed by atoms with Crippen molar-refractivity contribution in [3.05, 3.63) is 132 Å². The second kappa shape index (κ2) is 11.2. The lowest BCUT2D eigenvalue weighted by Crippen LogP contribution is -2.16. The Balaban J connectivity index is 1.24. The van der Waals surface area contributed by atoms with E-state index in [4.69, 9.17) is 4.98 Å². The number of hydrogen-bond donors (Lipinski definition) is 2. The highest BCUT2D eigenvalue weighted by Crippen LogP contribution is 2.27. The van der Waals surface area contributed by atoms with Crippen molar-refractivity contribution < 1.29 is 0 Å². The largest absolute Gasteiger partial charge is 0.341 e. The second-order valence-corrected chi connectivity index (χ2v) is 9.48. The summed E-state index contributed by atoms with van der Waals surface area (Å²) in [6.07, 6.45) is 0. The first-order chi connectivity index (χ1) is 16.8. The molecule has 5 rings (SSSR count). The molecule has 0 bridgehead atoms. The van der Waals surface area contributed by atoms with Gasteiger partial charge in [0.1, 0.15) is 5.82 Å². The summed E-state index contributed by atoms with van der Waals surface area (Å²) in [5, 5.41) is 3.53. The maximum atomic E-state index is 4.79. The monoisotopic (exact) mass is 464 g/mol. The number of para-hydroxylation sites is 2. The molecule has 170 valence electrons. The van der Waals surface area contributed by atoms with Crippen LogP contribution in [0.5, 0.6) is 0 Å². The molecule has 0 spiro atoms. The first kappa shape index (κ1) is 22.4. The Hall–Kier alpha value is -3.38. The molecule has 0 atom stereocenters. The summed E-state index contributed by atoms with van der Waals surface area (Å²) in [4.78, 5) is 9.48. The minimum Gasteiger partial charge on any atom is -0.341 e. The van der Waals surface area contributed by atoms with Gasteiger partial charge in [-0.05, 0) is 52.9 Å². The Morgan fingerprint density at radius 2 is 1.26 bits per heavy atom. The first-order valence-corrected chi connectivity index (χ1v) is 12.3. The number of aromatic nitrogens is 2. The normalized spacial score (nSPS) is 11.3. The smallest absolute Gasteiger partial charge is 0.122 e. The van der Waals surface area contributed by atoms with E-state index in [0.717, 1.165) is 43.0 Å². The Bertz CT molecular complexity index is 1270. The van der Waals surface area contributed by atoms with Gasteiger partial charge in [-0.15, -0.1) is 0 Å². The van der Waals surface area contributed by atoms with Crippen LogP contribution in [0.4, 0.5) is 0 Å². The molecule has 0 radical (unpaired) electrons. The van der Waals surface area contributed by atoms with Crippen molar-refractivity contribution in [1.82, 2.24) is 19.6 Å². The van der Waals surface area contributed by atoms with Crippen molar-refractivity contribution in [2.24, 2.45) is 0 Å². The lowest BCUT2D eigenvalue weighted by atomic mass is 10.2. The van der Waals surface area contributed by atoms with E-state index in [9.17, 15) is 0 Å². The van der Waals surface area contributed by atoms with Crippen LogP contribution in [0.25, 0.3) is 11.0 Å². The highest BCUT2D eigenvalue weighted by Gasteiger charge is 2.12. The molecule has 0 aliphatic heterocycles. The van der Waals surface area contributed by atoms with Crippen LogP contribution >= 0.6 is 11.9 Å². The summed E-state index contributed by atoms with van der Waals surface area (Å²) < 4.78 is 2.36. The fourth-order valence-electron chi connectivity index (χ4n) is 3.92. The molecule has 1 heterocycles. The van der Waals surface area contributed by atoms with Crippen LogP contribution in [-0.2, 0) is 26.2 Å². The number of benzene rings is 4. The number of aromatic amines is 1. The fourth-order valence-corrected chi connectivity index (χ4v) is 4.88. The predicted molar refractivity (Wildman–Crippen MR) is 141 cm³/mol. The van der Waals surface area contributed by atoms with Gasteiger partial charge in [0.25, 0.3) is 0 Å². The van der Waals surface area contributed by atoms with Crippen LogP contribution < -0.4 is 5.32 Å². The molecule has 5 aromatic rings. The molecule has 0 aliphatic rings. The van der Waals surface area contributed by atoms with E-state index < -0.39 is 0 Å². The Morgan fingerprint density at radius 3 is 1.97 bits per heavy atom. The standard InChI is InChI=1S/C29H28N4S/c1-3-9-23(10-4-1)19-30-20-24-15-17-26(18-16-24)34-33(21-25-11-5-2-6-12-25)22-29-31-27-13-7-8-14-28(27)32-29/h1-18,30H,19-22H2,(H,31,32). The second-order valence-electron chi connectivity index (χ2n) is 8.31. The third kappa shape index (κ3) is 6.14. The average molecular weight is 465 g/mol. The first-order valence-electron chi connectivity index (χ1n) is 11.6. The maximum absolute atomic E-state index is 4.79. The van der Waals surface area contributed by atoms with Crippen LogP contribution in [-0.4, -0.2) is 14.3 Å². The molecule has 0 aliphatic carbocycles. The van der Waals surface area contributed by atoms with Gasteiger partial charge in [-0.2, -0.15) is 0 Å². The number of imidazole rings is 1. The van der Waals surface area contributed by atoms with Gasteiger partial charge < -0.3 is 10.3 Å². The molecular weight excluding hydrogens is 436 g/mol. The van der Waals surface area contributed by atoms with E-state index in [1.54, 1.807) is 11.9 Å². The number of nitrogens with one attached hydrogen (secondary N) is 2. The molecule has 0 amide bonds. The lowest BCUT2D eigenvalue weighted by Gasteiger charge is -2.20. The van der Waals surface area contributed by atoms with E-state index in [1.807, 2.05) is 12.1 Å². The fraction of sp³-hybridized carbons (Fsp3) is 0.138. The Morgan fingerprint density at radius 1 is 0.647 bits per heavy atom. The van der Waals surface area contributed by atoms with Crippen LogP contribution in [0.3, 0.4) is 0 Å². The highest BCUT2D eigenvalue weighted by molar-refractivity contribution is 7.97. The van der Waals surface area contributed by atoms with E-state index in [-0.39, 0.29) is 0 Å². The lowest BCUT2D eigenvalue weighted by molar-refractivity contribution is 0.451. The SMILES string of the molecule is c1ccc(CNCc2ccc(SN(Cc3ccccc3)Cc3nc4ccccc4[nH]3)cc2)cc1. The third-order valence-corrected chi connectivity index (χ3v) is 6.62. The number of hydrogen-bond acceptors (Lipinski definition) is 4. The van der Waals surface area contributed by atoms with Gasteiger partial charge in [-0.3, -0.25) is 0 Å². The summed E-state index contributed by atoms with van der Waals surface area (Å²) in [7, 11) is 0. The summed E-state index contributed by atoms with van der Waals surface area (Å²) in [5.41, 5.74) is 5.96. The highest BCUT2D eigenvalue weighted by atomic mass is 32.2. The van der Waals surface area contributed by atoms with E-state index in [2.05, 4.69) is 112 Å². The van der Waals surface area contributed by atoms with Crippen molar-refractivity contribution in [3.8, 4) is 0 Å². The van der Waals surface area contributed by atoms with E-state index in [0.29, 0.717) is 0 Å². The zero-order valence-electron chi connectivity index (χ0n) is 19.0. The number of H-pyrrole nitrogens is 1. The minimum absolute atomic E-state index is 0.731. The molecule has 2 N–H and O–H groups in total. The Kier molecular flexibility index (Phi) is 7.36. The predicted octanol–water partition coefficient (Wildman–Crippen LogP) is 6.56. The molecule has 4 nitrogen and oxygen atoms in total. The van der Waals surface area contributed by atoms with E-state index in [1.165, 1.54) is 21.6 Å². The summed E-state index contributed by atoms with van der Waals surface area (Å²) in [6.45, 7) is 3.30. The van der Waals surface area contributed by atoms with Gasteiger partial charge in [0.05, 0.1) is 17.6 Å². The van der Waals surface area contributed by atoms with Crippen LogP contribution in [0.15, 0.2) is 114 Å². The number of nitrogens with zero attached hydrogens (tertiary/aromatic N) is 2. The molecule has 34 heavy (non-hydrogen) atoms. The molecule has 0 saturated heterocycles. The van der Waals surface area contributed by atoms with Crippen LogP contribution in [0.1, 0.15) is 22.5 Å². The van der Waals surface area contributed by atoms with Crippen molar-refractivity contribution >= 4 is 23.0 Å². The molecule has 4 aromatic carbocycles. The van der Waals surface area contributed by atoms with Crippen LogP contribution in [0.2, 0.25) is 0 Å². The van der Waals surface area contributed by atoms with Crippen LogP contribution in [0, 0.1) is 0 Å². The topological polar surface area (TPSA) is 44.0 Å². The molecular formula is C29H28N4S. The zero-order chi connectivity index (χ0) is 23.0. The summed E-state index contributed by atoms with van der Waals surface area (Å²) in [6, 6.07) is 38.1. The third-order valence-electron chi connectivity index (χ3n) is 5.63. The maximum Gasteiger partial charge on any atom is 0.122 e. The summed E-state index contributed by atoms with van der Waals surface area (Å²) in [5.74, 6) is 0.978. The van der Waals surface area contributed by atoms with E-state index >= 15 is 0 Å². The Labute approximate surface area is 205 Å². The van der Waals surface area contributed by atoms with Gasteiger partial charge >= 0.3 is 0 Å². The average Bonchev–Trinajstić information content (AvgIpc) is 3.29. The minimum atomic E-state index is 0.731. The van der Waals surface area contributed by atoms with Crippen molar-refractivity contribution in [1.29, 1.82) is 0 Å². The quantitative estimate of drug-likeness (QED) is 0.230. The van der Waals surface area contributed by atoms with Gasteiger partial charge in [-0.25, -0.2) is 9.29 Å². The molecule has 5 heteroatoms. The van der Waals surface area contributed by atoms with Gasteiger partial charge in [0.15, 0.2) is 0 Å².